The molecule has 3 aromatic rings. The molecular formula is C26H28N2O3. The van der Waals surface area contributed by atoms with E-state index < -0.39 is 5.41 Å². The maximum atomic E-state index is 12.9. The van der Waals surface area contributed by atoms with Gasteiger partial charge in [0, 0.05) is 12.2 Å². The maximum absolute atomic E-state index is 12.9. The van der Waals surface area contributed by atoms with Gasteiger partial charge in [-0.05, 0) is 59.2 Å². The number of carbonyl (C=O) groups excluding carboxylic acids is 2. The molecule has 0 spiro atoms. The third-order valence-corrected chi connectivity index (χ3v) is 5.90. The Morgan fingerprint density at radius 3 is 2.19 bits per heavy atom. The zero-order valence-corrected chi connectivity index (χ0v) is 18.2. The Labute approximate surface area is 182 Å². The third kappa shape index (κ3) is 4.55. The molecule has 0 unspecified atom stereocenters. The van der Waals surface area contributed by atoms with Gasteiger partial charge in [0.25, 0.3) is 5.91 Å². The van der Waals surface area contributed by atoms with E-state index in [2.05, 4.69) is 55.7 Å². The Morgan fingerprint density at radius 1 is 0.968 bits per heavy atom. The van der Waals surface area contributed by atoms with E-state index in [4.69, 9.17) is 4.42 Å². The van der Waals surface area contributed by atoms with Crippen LogP contribution in [0.25, 0.3) is 0 Å². The number of amides is 2. The molecular weight excluding hydrogens is 388 g/mol. The minimum absolute atomic E-state index is 0.0752. The van der Waals surface area contributed by atoms with Gasteiger partial charge in [-0.15, -0.1) is 0 Å². The summed E-state index contributed by atoms with van der Waals surface area (Å²) in [6, 6.07) is 19.2. The van der Waals surface area contributed by atoms with Gasteiger partial charge in [0.2, 0.25) is 5.91 Å². The van der Waals surface area contributed by atoms with E-state index in [9.17, 15) is 9.59 Å². The molecule has 160 valence electrons. The van der Waals surface area contributed by atoms with Gasteiger partial charge >= 0.3 is 0 Å². The number of anilines is 1. The summed E-state index contributed by atoms with van der Waals surface area (Å²) in [4.78, 5) is 25.0. The number of nitrogens with one attached hydrogen (secondary N) is 2. The lowest BCUT2D eigenvalue weighted by Gasteiger charge is -2.21. The fourth-order valence-electron chi connectivity index (χ4n) is 3.72. The van der Waals surface area contributed by atoms with Crippen molar-refractivity contribution in [3.63, 3.8) is 0 Å². The Bertz CT molecular complexity index is 1060. The number of benzene rings is 2. The quantitative estimate of drug-likeness (QED) is 0.582. The van der Waals surface area contributed by atoms with Crippen molar-refractivity contribution in [3.8, 4) is 0 Å². The van der Waals surface area contributed by atoms with Crippen LogP contribution in [0.2, 0.25) is 0 Å². The summed E-state index contributed by atoms with van der Waals surface area (Å²) in [5.41, 5.74) is 3.71. The standard InChI is InChI=1S/C26H28N2O3/c1-25(2,3)19-8-10-20(11-9-19)26(14-15-26)24(30)27-17-18-6-12-21(13-7-18)28-23(29)22-5-4-16-31-22/h4-13,16H,14-15,17H2,1-3H3,(H,27,30)(H,28,29). The van der Waals surface area contributed by atoms with E-state index >= 15 is 0 Å². The molecule has 1 aliphatic rings. The lowest BCUT2D eigenvalue weighted by molar-refractivity contribution is -0.123. The zero-order valence-electron chi connectivity index (χ0n) is 18.2. The highest BCUT2D eigenvalue weighted by Crippen LogP contribution is 2.48. The van der Waals surface area contributed by atoms with Crippen LogP contribution in [-0.2, 0) is 22.2 Å². The van der Waals surface area contributed by atoms with Crippen LogP contribution in [-0.4, -0.2) is 11.8 Å². The highest BCUT2D eigenvalue weighted by atomic mass is 16.3. The molecule has 5 heteroatoms. The largest absolute Gasteiger partial charge is 0.459 e. The lowest BCUT2D eigenvalue weighted by Crippen LogP contribution is -2.34. The molecule has 0 saturated heterocycles. The smallest absolute Gasteiger partial charge is 0.291 e. The molecule has 2 aromatic carbocycles. The predicted octanol–water partition coefficient (Wildman–Crippen LogP) is 5.18. The second-order valence-electron chi connectivity index (χ2n) is 9.22. The molecule has 0 radical (unpaired) electrons. The Kier molecular flexibility index (Phi) is 5.44. The summed E-state index contributed by atoms with van der Waals surface area (Å²) in [5.74, 6) is 0.0482. The number of hydrogen-bond acceptors (Lipinski definition) is 3. The van der Waals surface area contributed by atoms with Crippen LogP contribution in [0.4, 0.5) is 5.69 Å². The summed E-state index contributed by atoms with van der Waals surface area (Å²) >= 11 is 0. The molecule has 2 N–H and O–H groups in total. The molecule has 2 amide bonds. The van der Waals surface area contributed by atoms with Gasteiger partial charge in [0.15, 0.2) is 5.76 Å². The van der Waals surface area contributed by atoms with E-state index in [0.717, 1.165) is 24.0 Å². The molecule has 1 aliphatic carbocycles. The van der Waals surface area contributed by atoms with E-state index in [1.54, 1.807) is 12.1 Å². The van der Waals surface area contributed by atoms with Crippen molar-refractivity contribution < 1.29 is 14.0 Å². The zero-order chi connectivity index (χ0) is 22.1. The number of furan rings is 1. The van der Waals surface area contributed by atoms with Crippen LogP contribution >= 0.6 is 0 Å². The van der Waals surface area contributed by atoms with E-state index in [1.165, 1.54) is 11.8 Å². The minimum atomic E-state index is -0.395. The molecule has 1 heterocycles. The fraction of sp³-hybridized carbons (Fsp3) is 0.308. The highest BCUT2D eigenvalue weighted by molar-refractivity contribution is 6.02. The maximum Gasteiger partial charge on any atom is 0.291 e. The van der Waals surface area contributed by atoms with Crippen LogP contribution in [0.15, 0.2) is 71.3 Å². The molecule has 31 heavy (non-hydrogen) atoms. The average molecular weight is 417 g/mol. The van der Waals surface area contributed by atoms with Crippen LogP contribution in [0.5, 0.6) is 0 Å². The van der Waals surface area contributed by atoms with Crippen LogP contribution in [0, 0.1) is 0 Å². The predicted molar refractivity (Wildman–Crippen MR) is 121 cm³/mol. The number of rotatable bonds is 6. The number of carbonyl (C=O) groups is 2. The van der Waals surface area contributed by atoms with Gasteiger partial charge in [0.05, 0.1) is 11.7 Å². The first-order valence-corrected chi connectivity index (χ1v) is 10.6. The molecule has 1 aromatic heterocycles. The van der Waals surface area contributed by atoms with Gasteiger partial charge in [0.1, 0.15) is 0 Å². The molecule has 5 nitrogen and oxygen atoms in total. The van der Waals surface area contributed by atoms with Gasteiger partial charge in [-0.3, -0.25) is 9.59 Å². The normalized spacial score (nSPS) is 14.7. The molecule has 0 bridgehead atoms. The van der Waals surface area contributed by atoms with Crippen molar-refractivity contribution in [1.82, 2.24) is 5.32 Å². The topological polar surface area (TPSA) is 71.3 Å². The van der Waals surface area contributed by atoms with E-state index in [-0.39, 0.29) is 23.0 Å². The monoisotopic (exact) mass is 416 g/mol. The molecule has 1 saturated carbocycles. The Balaban J connectivity index is 1.34. The van der Waals surface area contributed by atoms with E-state index in [1.807, 2.05) is 24.3 Å². The van der Waals surface area contributed by atoms with Crippen molar-refractivity contribution in [3.05, 3.63) is 89.4 Å². The van der Waals surface area contributed by atoms with Crippen LogP contribution in [0.1, 0.15) is 60.9 Å². The average Bonchev–Trinajstić information content (AvgIpc) is 3.38. The summed E-state index contributed by atoms with van der Waals surface area (Å²) in [5, 5.41) is 5.87. The van der Waals surface area contributed by atoms with E-state index in [0.29, 0.717) is 12.2 Å². The molecule has 4 rings (SSSR count). The first kappa shape index (κ1) is 20.9. The first-order chi connectivity index (χ1) is 14.8. The SMILES string of the molecule is CC(C)(C)c1ccc(C2(C(=O)NCc3ccc(NC(=O)c4ccco4)cc3)CC2)cc1. The molecule has 1 fully saturated rings. The van der Waals surface area contributed by atoms with Crippen molar-refractivity contribution in [2.24, 2.45) is 0 Å². The van der Waals surface area contributed by atoms with Crippen LogP contribution in [0.3, 0.4) is 0 Å². The summed E-state index contributed by atoms with van der Waals surface area (Å²) in [6.45, 7) is 7.02. The Morgan fingerprint density at radius 2 is 1.65 bits per heavy atom. The van der Waals surface area contributed by atoms with Gasteiger partial charge in [-0.25, -0.2) is 0 Å². The fourth-order valence-corrected chi connectivity index (χ4v) is 3.72. The summed E-state index contributed by atoms with van der Waals surface area (Å²) in [7, 11) is 0. The third-order valence-electron chi connectivity index (χ3n) is 5.90. The lowest BCUT2D eigenvalue weighted by atomic mass is 9.85. The first-order valence-electron chi connectivity index (χ1n) is 10.6. The number of hydrogen-bond donors (Lipinski definition) is 2. The van der Waals surface area contributed by atoms with Crippen LogP contribution < -0.4 is 10.6 Å². The minimum Gasteiger partial charge on any atom is -0.459 e. The summed E-state index contributed by atoms with van der Waals surface area (Å²) in [6.07, 6.45) is 3.23. The Hall–Kier alpha value is -3.34. The second kappa shape index (κ2) is 8.06. The summed E-state index contributed by atoms with van der Waals surface area (Å²) < 4.78 is 5.09. The molecule has 0 aliphatic heterocycles. The highest BCUT2D eigenvalue weighted by Gasteiger charge is 2.51. The molecule has 0 atom stereocenters. The van der Waals surface area contributed by atoms with Gasteiger partial charge in [-0.2, -0.15) is 0 Å². The van der Waals surface area contributed by atoms with Crippen molar-refractivity contribution >= 4 is 17.5 Å². The van der Waals surface area contributed by atoms with Gasteiger partial charge in [-0.1, -0.05) is 57.2 Å². The van der Waals surface area contributed by atoms with Crippen molar-refractivity contribution in [2.75, 3.05) is 5.32 Å². The van der Waals surface area contributed by atoms with Gasteiger partial charge < -0.3 is 15.1 Å². The second-order valence-corrected chi connectivity index (χ2v) is 9.22. The van der Waals surface area contributed by atoms with Crippen molar-refractivity contribution in [2.45, 2.75) is 51.0 Å². The van der Waals surface area contributed by atoms with Crippen molar-refractivity contribution in [1.29, 1.82) is 0 Å².